The molecule has 1 atom stereocenters. The zero-order chi connectivity index (χ0) is 9.07. The number of hydrogen-bond donors (Lipinski definition) is 1. The quantitative estimate of drug-likeness (QED) is 0.661. The number of hydrogen-bond acceptors (Lipinski definition) is 1. The maximum Gasteiger partial charge on any atom is 0.00921 e. The molecular formula is C10H23N. The third-order valence-electron chi connectivity index (χ3n) is 2.67. The summed E-state index contributed by atoms with van der Waals surface area (Å²) < 4.78 is 0. The van der Waals surface area contributed by atoms with Gasteiger partial charge in [-0.15, -0.1) is 0 Å². The van der Waals surface area contributed by atoms with Crippen molar-refractivity contribution in [3.63, 3.8) is 0 Å². The van der Waals surface area contributed by atoms with Gasteiger partial charge in [-0.2, -0.15) is 0 Å². The van der Waals surface area contributed by atoms with Gasteiger partial charge in [-0.3, -0.25) is 0 Å². The summed E-state index contributed by atoms with van der Waals surface area (Å²) in [6.45, 7) is 13.5. The third-order valence-corrected chi connectivity index (χ3v) is 2.67. The van der Waals surface area contributed by atoms with Gasteiger partial charge in [0.1, 0.15) is 0 Å². The Morgan fingerprint density at radius 2 is 1.64 bits per heavy atom. The Labute approximate surface area is 71.6 Å². The van der Waals surface area contributed by atoms with E-state index in [1.165, 1.54) is 6.42 Å². The highest BCUT2D eigenvalue weighted by Crippen LogP contribution is 2.24. The van der Waals surface area contributed by atoms with Crippen LogP contribution >= 0.6 is 0 Å². The van der Waals surface area contributed by atoms with Crippen molar-refractivity contribution in [2.45, 2.75) is 60.0 Å². The van der Waals surface area contributed by atoms with E-state index < -0.39 is 0 Å². The molecule has 0 aliphatic carbocycles. The molecule has 0 spiro atoms. The molecular weight excluding hydrogens is 134 g/mol. The highest BCUT2D eigenvalue weighted by atomic mass is 14.9. The number of nitrogens with one attached hydrogen (secondary N) is 1. The van der Waals surface area contributed by atoms with Crippen LogP contribution in [0.3, 0.4) is 0 Å². The molecule has 1 N–H and O–H groups in total. The first-order valence-electron chi connectivity index (χ1n) is 4.66. The van der Waals surface area contributed by atoms with Crippen LogP contribution in [0, 0.1) is 5.41 Å². The minimum absolute atomic E-state index is 0.421. The normalized spacial score (nSPS) is 15.5. The van der Waals surface area contributed by atoms with Gasteiger partial charge in [-0.25, -0.2) is 0 Å². The second-order valence-corrected chi connectivity index (χ2v) is 4.39. The fourth-order valence-electron chi connectivity index (χ4n) is 1.03. The topological polar surface area (TPSA) is 12.0 Å². The zero-order valence-corrected chi connectivity index (χ0v) is 8.86. The predicted molar refractivity (Wildman–Crippen MR) is 51.8 cm³/mol. The summed E-state index contributed by atoms with van der Waals surface area (Å²) in [6.07, 6.45) is 1.23. The lowest BCUT2D eigenvalue weighted by atomic mass is 9.82. The molecule has 68 valence electrons. The molecule has 0 aromatic rings. The molecule has 0 aliphatic heterocycles. The van der Waals surface area contributed by atoms with Crippen LogP contribution < -0.4 is 5.32 Å². The Morgan fingerprint density at radius 1 is 1.18 bits per heavy atom. The zero-order valence-electron chi connectivity index (χ0n) is 8.86. The van der Waals surface area contributed by atoms with Gasteiger partial charge in [0.2, 0.25) is 0 Å². The summed E-state index contributed by atoms with van der Waals surface area (Å²) in [5.41, 5.74) is 0.421. The van der Waals surface area contributed by atoms with E-state index in [0.29, 0.717) is 17.5 Å². The Balaban J connectivity index is 3.90. The van der Waals surface area contributed by atoms with E-state index in [0.717, 1.165) is 0 Å². The fourth-order valence-corrected chi connectivity index (χ4v) is 1.03. The largest absolute Gasteiger partial charge is 0.312 e. The molecule has 0 bridgehead atoms. The lowest BCUT2D eigenvalue weighted by molar-refractivity contribution is 0.235. The van der Waals surface area contributed by atoms with Gasteiger partial charge in [-0.05, 0) is 18.8 Å². The second kappa shape index (κ2) is 4.10. The van der Waals surface area contributed by atoms with Gasteiger partial charge in [0.25, 0.3) is 0 Å². The molecule has 11 heavy (non-hydrogen) atoms. The summed E-state index contributed by atoms with van der Waals surface area (Å²) in [5, 5.41) is 3.53. The Kier molecular flexibility index (Phi) is 4.09. The minimum atomic E-state index is 0.421. The van der Waals surface area contributed by atoms with Crippen molar-refractivity contribution >= 4 is 0 Å². The molecule has 0 fully saturated rings. The summed E-state index contributed by atoms with van der Waals surface area (Å²) >= 11 is 0. The van der Waals surface area contributed by atoms with Crippen molar-refractivity contribution < 1.29 is 0 Å². The van der Waals surface area contributed by atoms with Crippen LogP contribution in [-0.4, -0.2) is 12.1 Å². The van der Waals surface area contributed by atoms with Crippen LogP contribution in [0.25, 0.3) is 0 Å². The average Bonchev–Trinajstić information content (AvgIpc) is 1.86. The average molecular weight is 157 g/mol. The standard InChI is InChI=1S/C10H23N/c1-7-10(5,6)9(4)11-8(2)3/h8-9,11H,7H2,1-6H3/t9-/m1/s1. The molecule has 1 nitrogen and oxygen atoms in total. The van der Waals surface area contributed by atoms with Crippen molar-refractivity contribution in [1.82, 2.24) is 5.32 Å². The van der Waals surface area contributed by atoms with Crippen LogP contribution in [0.1, 0.15) is 48.0 Å². The Bertz CT molecular complexity index is 105. The smallest absolute Gasteiger partial charge is 0.00921 e. The van der Waals surface area contributed by atoms with Crippen LogP contribution in [0.15, 0.2) is 0 Å². The lowest BCUT2D eigenvalue weighted by Crippen LogP contribution is -2.42. The van der Waals surface area contributed by atoms with Gasteiger partial charge in [0.15, 0.2) is 0 Å². The monoisotopic (exact) mass is 157 g/mol. The highest BCUT2D eigenvalue weighted by Gasteiger charge is 2.23. The van der Waals surface area contributed by atoms with Gasteiger partial charge in [-0.1, -0.05) is 34.6 Å². The van der Waals surface area contributed by atoms with Crippen molar-refractivity contribution in [3.8, 4) is 0 Å². The van der Waals surface area contributed by atoms with Crippen molar-refractivity contribution in [2.24, 2.45) is 5.41 Å². The summed E-state index contributed by atoms with van der Waals surface area (Å²) in [5.74, 6) is 0. The Hall–Kier alpha value is -0.0400. The van der Waals surface area contributed by atoms with Crippen LogP contribution in [0.5, 0.6) is 0 Å². The molecule has 0 heterocycles. The maximum absolute atomic E-state index is 3.53. The van der Waals surface area contributed by atoms with E-state index in [2.05, 4.69) is 46.9 Å². The molecule has 0 radical (unpaired) electrons. The predicted octanol–water partition coefficient (Wildman–Crippen LogP) is 2.81. The molecule has 0 aromatic carbocycles. The van der Waals surface area contributed by atoms with E-state index >= 15 is 0 Å². The molecule has 0 aliphatic rings. The summed E-state index contributed by atoms with van der Waals surface area (Å²) in [4.78, 5) is 0. The van der Waals surface area contributed by atoms with Gasteiger partial charge < -0.3 is 5.32 Å². The van der Waals surface area contributed by atoms with Crippen LogP contribution in [0.4, 0.5) is 0 Å². The highest BCUT2D eigenvalue weighted by molar-refractivity contribution is 4.80. The molecule has 1 heteroatoms. The first-order valence-corrected chi connectivity index (χ1v) is 4.66. The van der Waals surface area contributed by atoms with E-state index in [4.69, 9.17) is 0 Å². The summed E-state index contributed by atoms with van der Waals surface area (Å²) in [6, 6.07) is 1.20. The fraction of sp³-hybridized carbons (Fsp3) is 1.00. The first-order chi connectivity index (χ1) is 4.90. The van der Waals surface area contributed by atoms with E-state index in [-0.39, 0.29) is 0 Å². The van der Waals surface area contributed by atoms with Gasteiger partial charge in [0.05, 0.1) is 0 Å². The minimum Gasteiger partial charge on any atom is -0.312 e. The first kappa shape index (κ1) is 11.0. The molecule has 0 unspecified atom stereocenters. The molecule has 0 aromatic heterocycles. The molecule has 0 amide bonds. The second-order valence-electron chi connectivity index (χ2n) is 4.39. The van der Waals surface area contributed by atoms with Crippen molar-refractivity contribution in [3.05, 3.63) is 0 Å². The molecule has 0 saturated carbocycles. The lowest BCUT2D eigenvalue weighted by Gasteiger charge is -2.32. The molecule has 0 rings (SSSR count). The third kappa shape index (κ3) is 3.76. The Morgan fingerprint density at radius 3 is 1.91 bits per heavy atom. The summed E-state index contributed by atoms with van der Waals surface area (Å²) in [7, 11) is 0. The number of rotatable bonds is 4. The van der Waals surface area contributed by atoms with Gasteiger partial charge >= 0.3 is 0 Å². The van der Waals surface area contributed by atoms with Gasteiger partial charge in [0, 0.05) is 12.1 Å². The van der Waals surface area contributed by atoms with Crippen molar-refractivity contribution in [2.75, 3.05) is 0 Å². The molecule has 0 saturated heterocycles. The van der Waals surface area contributed by atoms with E-state index in [1.54, 1.807) is 0 Å². The SMILES string of the molecule is CCC(C)(C)[C@@H](C)NC(C)C. The van der Waals surface area contributed by atoms with Crippen molar-refractivity contribution in [1.29, 1.82) is 0 Å². The van der Waals surface area contributed by atoms with Crippen LogP contribution in [-0.2, 0) is 0 Å². The maximum atomic E-state index is 3.53. The van der Waals surface area contributed by atoms with Crippen LogP contribution in [0.2, 0.25) is 0 Å². The van der Waals surface area contributed by atoms with E-state index in [9.17, 15) is 0 Å². The van der Waals surface area contributed by atoms with E-state index in [1.807, 2.05) is 0 Å².